The zero-order valence-electron chi connectivity index (χ0n) is 10.0. The molecule has 0 aliphatic carbocycles. The molecule has 0 atom stereocenters. The van der Waals surface area contributed by atoms with Crippen molar-refractivity contribution in [3.63, 3.8) is 0 Å². The van der Waals surface area contributed by atoms with E-state index in [1.54, 1.807) is 42.5 Å². The molecule has 0 saturated carbocycles. The van der Waals surface area contributed by atoms with Crippen LogP contribution in [0.2, 0.25) is 5.02 Å². The second kappa shape index (κ2) is 6.02. The van der Waals surface area contributed by atoms with E-state index in [-0.39, 0.29) is 5.91 Å². The summed E-state index contributed by atoms with van der Waals surface area (Å²) in [6.07, 6.45) is 1.52. The molecule has 4 nitrogen and oxygen atoms in total. The van der Waals surface area contributed by atoms with Gasteiger partial charge in [-0.05, 0) is 29.8 Å². The van der Waals surface area contributed by atoms with Gasteiger partial charge >= 0.3 is 0 Å². The van der Waals surface area contributed by atoms with E-state index in [1.165, 1.54) is 6.21 Å². The summed E-state index contributed by atoms with van der Waals surface area (Å²) in [5, 5.41) is 4.47. The number of nitrogens with one attached hydrogen (secondary N) is 1. The number of hydrazone groups is 1. The molecule has 0 aliphatic rings. The molecule has 0 radical (unpaired) electrons. The summed E-state index contributed by atoms with van der Waals surface area (Å²) in [4.78, 5) is 11.8. The summed E-state index contributed by atoms with van der Waals surface area (Å²) in [5.41, 5.74) is 9.72. The Kier molecular flexibility index (Phi) is 4.15. The Morgan fingerprint density at radius 1 is 1.21 bits per heavy atom. The van der Waals surface area contributed by atoms with E-state index in [1.807, 2.05) is 6.07 Å². The third kappa shape index (κ3) is 3.56. The van der Waals surface area contributed by atoms with E-state index in [2.05, 4.69) is 10.5 Å². The number of anilines is 1. The highest BCUT2D eigenvalue weighted by Crippen LogP contribution is 2.10. The number of benzene rings is 2. The third-order valence-corrected chi connectivity index (χ3v) is 2.67. The molecule has 0 aliphatic heterocycles. The Labute approximate surface area is 115 Å². The molecule has 1 amide bonds. The van der Waals surface area contributed by atoms with E-state index < -0.39 is 0 Å². The molecule has 2 aromatic carbocycles. The first-order chi connectivity index (χ1) is 9.16. The maximum atomic E-state index is 11.8. The van der Waals surface area contributed by atoms with Crippen molar-refractivity contribution in [1.82, 2.24) is 5.43 Å². The summed E-state index contributed by atoms with van der Waals surface area (Å²) in [5.74, 6) is -0.351. The Morgan fingerprint density at radius 2 is 2.00 bits per heavy atom. The van der Waals surface area contributed by atoms with Gasteiger partial charge in [-0.15, -0.1) is 0 Å². The zero-order valence-corrected chi connectivity index (χ0v) is 10.8. The minimum absolute atomic E-state index is 0.351. The first kappa shape index (κ1) is 13.1. The zero-order chi connectivity index (χ0) is 13.7. The fraction of sp³-hybridized carbons (Fsp3) is 0. The average molecular weight is 274 g/mol. The average Bonchev–Trinajstić information content (AvgIpc) is 2.39. The molecule has 2 aromatic rings. The van der Waals surface area contributed by atoms with Crippen molar-refractivity contribution in [2.24, 2.45) is 5.10 Å². The minimum Gasteiger partial charge on any atom is -0.398 e. The lowest BCUT2D eigenvalue weighted by molar-refractivity contribution is 0.0956. The second-order valence-corrected chi connectivity index (χ2v) is 4.28. The van der Waals surface area contributed by atoms with Crippen LogP contribution in [-0.4, -0.2) is 12.1 Å². The molecule has 5 heteroatoms. The molecule has 0 heterocycles. The molecular formula is C14H12ClN3O. The predicted molar refractivity (Wildman–Crippen MR) is 77.4 cm³/mol. The van der Waals surface area contributed by atoms with E-state index in [4.69, 9.17) is 17.3 Å². The number of halogens is 1. The number of nitrogen functional groups attached to an aromatic ring is 1. The van der Waals surface area contributed by atoms with Gasteiger partial charge in [0.15, 0.2) is 0 Å². The Morgan fingerprint density at radius 3 is 2.74 bits per heavy atom. The Hall–Kier alpha value is -2.33. The van der Waals surface area contributed by atoms with Crippen LogP contribution in [0.1, 0.15) is 15.9 Å². The number of nitrogens with zero attached hydrogens (tertiary/aromatic N) is 1. The third-order valence-electron chi connectivity index (χ3n) is 2.43. The van der Waals surface area contributed by atoms with Gasteiger partial charge in [-0.2, -0.15) is 5.10 Å². The highest BCUT2D eigenvalue weighted by atomic mass is 35.5. The van der Waals surface area contributed by atoms with Crippen molar-refractivity contribution in [2.75, 3.05) is 5.73 Å². The normalized spacial score (nSPS) is 10.6. The predicted octanol–water partition coefficient (Wildman–Crippen LogP) is 2.69. The number of nitrogens with two attached hydrogens (primary N) is 1. The number of carbonyl (C=O) groups excluding carboxylic acids is 1. The molecule has 0 unspecified atom stereocenters. The quantitative estimate of drug-likeness (QED) is 0.513. The van der Waals surface area contributed by atoms with E-state index >= 15 is 0 Å². The van der Waals surface area contributed by atoms with Crippen LogP contribution < -0.4 is 11.2 Å². The molecule has 0 fully saturated rings. The number of amides is 1. The number of carbonyl (C=O) groups is 1. The van der Waals surface area contributed by atoms with Crippen LogP contribution in [-0.2, 0) is 0 Å². The van der Waals surface area contributed by atoms with Crippen LogP contribution in [0.5, 0.6) is 0 Å². The standard InChI is InChI=1S/C14H12ClN3O/c15-11-5-3-4-10(8-11)9-17-18-14(19)12-6-1-2-7-13(12)16/h1-9H,16H2,(H,18,19)/b17-9+. The summed E-state index contributed by atoms with van der Waals surface area (Å²) < 4.78 is 0. The topological polar surface area (TPSA) is 67.5 Å². The molecule has 0 spiro atoms. The number of para-hydroxylation sites is 1. The van der Waals surface area contributed by atoms with Gasteiger partial charge in [0.1, 0.15) is 0 Å². The Balaban J connectivity index is 2.03. The molecule has 19 heavy (non-hydrogen) atoms. The maximum Gasteiger partial charge on any atom is 0.273 e. The fourth-order valence-electron chi connectivity index (χ4n) is 1.52. The molecule has 0 bridgehead atoms. The lowest BCUT2D eigenvalue weighted by atomic mass is 10.2. The monoisotopic (exact) mass is 273 g/mol. The van der Waals surface area contributed by atoms with Crippen LogP contribution in [0.25, 0.3) is 0 Å². The van der Waals surface area contributed by atoms with Gasteiger partial charge < -0.3 is 5.73 Å². The van der Waals surface area contributed by atoms with Crippen molar-refractivity contribution in [1.29, 1.82) is 0 Å². The van der Waals surface area contributed by atoms with Gasteiger partial charge in [0.05, 0.1) is 11.8 Å². The Bertz CT molecular complexity index is 626. The van der Waals surface area contributed by atoms with Crippen molar-refractivity contribution in [2.45, 2.75) is 0 Å². The van der Waals surface area contributed by atoms with Gasteiger partial charge in [0.2, 0.25) is 0 Å². The minimum atomic E-state index is -0.351. The molecule has 96 valence electrons. The maximum absolute atomic E-state index is 11.8. The summed E-state index contributed by atoms with van der Waals surface area (Å²) in [6.45, 7) is 0. The van der Waals surface area contributed by atoms with Gasteiger partial charge in [-0.3, -0.25) is 4.79 Å². The van der Waals surface area contributed by atoms with Crippen molar-refractivity contribution >= 4 is 29.4 Å². The van der Waals surface area contributed by atoms with Gasteiger partial charge in [0, 0.05) is 10.7 Å². The van der Waals surface area contributed by atoms with Crippen LogP contribution >= 0.6 is 11.6 Å². The SMILES string of the molecule is Nc1ccccc1C(=O)N/N=C/c1cccc(Cl)c1. The number of rotatable bonds is 3. The summed E-state index contributed by atoms with van der Waals surface area (Å²) in [7, 11) is 0. The van der Waals surface area contributed by atoms with Crippen molar-refractivity contribution in [3.05, 3.63) is 64.7 Å². The van der Waals surface area contributed by atoms with E-state index in [0.717, 1.165) is 5.56 Å². The van der Waals surface area contributed by atoms with Crippen molar-refractivity contribution in [3.8, 4) is 0 Å². The molecule has 0 saturated heterocycles. The first-order valence-electron chi connectivity index (χ1n) is 5.60. The van der Waals surface area contributed by atoms with Crippen LogP contribution in [0, 0.1) is 0 Å². The number of hydrogen-bond donors (Lipinski definition) is 2. The highest BCUT2D eigenvalue weighted by Gasteiger charge is 2.06. The largest absolute Gasteiger partial charge is 0.398 e. The van der Waals surface area contributed by atoms with Gasteiger partial charge in [-0.1, -0.05) is 35.9 Å². The van der Waals surface area contributed by atoms with Crippen molar-refractivity contribution < 1.29 is 4.79 Å². The van der Waals surface area contributed by atoms with E-state index in [0.29, 0.717) is 16.3 Å². The summed E-state index contributed by atoms with van der Waals surface area (Å²) in [6, 6.07) is 14.0. The summed E-state index contributed by atoms with van der Waals surface area (Å²) >= 11 is 5.84. The number of hydrogen-bond acceptors (Lipinski definition) is 3. The van der Waals surface area contributed by atoms with E-state index in [9.17, 15) is 4.79 Å². The fourth-order valence-corrected chi connectivity index (χ4v) is 1.72. The molecule has 3 N–H and O–H groups in total. The molecule has 2 rings (SSSR count). The van der Waals surface area contributed by atoms with Crippen LogP contribution in [0.15, 0.2) is 53.6 Å². The van der Waals surface area contributed by atoms with Crippen LogP contribution in [0.4, 0.5) is 5.69 Å². The molecule has 0 aromatic heterocycles. The van der Waals surface area contributed by atoms with Crippen LogP contribution in [0.3, 0.4) is 0 Å². The highest BCUT2D eigenvalue weighted by molar-refractivity contribution is 6.30. The van der Waals surface area contributed by atoms with Gasteiger partial charge in [-0.25, -0.2) is 5.43 Å². The second-order valence-electron chi connectivity index (χ2n) is 3.84. The van der Waals surface area contributed by atoms with Gasteiger partial charge in [0.25, 0.3) is 5.91 Å². The lowest BCUT2D eigenvalue weighted by Crippen LogP contribution is -2.18. The first-order valence-corrected chi connectivity index (χ1v) is 5.98. The lowest BCUT2D eigenvalue weighted by Gasteiger charge is -2.02. The molecular weight excluding hydrogens is 262 g/mol. The smallest absolute Gasteiger partial charge is 0.273 e.